The summed E-state index contributed by atoms with van der Waals surface area (Å²) in [5.74, 6) is 0. The number of aliphatic hydroxyl groups is 1. The van der Waals surface area contributed by atoms with Gasteiger partial charge in [-0.2, -0.15) is 0 Å². The summed E-state index contributed by atoms with van der Waals surface area (Å²) in [5, 5.41) is 18.9. The number of aromatic nitrogens is 3. The lowest BCUT2D eigenvalue weighted by molar-refractivity contribution is 0.0909. The van der Waals surface area contributed by atoms with Crippen LogP contribution in [0.1, 0.15) is 24.6 Å². The minimum atomic E-state index is -1.06. The SMILES string of the molecule is CC(O)(C1=CC=CC1)c1cn(Cc2ccccc2)nn1. The molecule has 2 aromatic rings. The number of rotatable bonds is 4. The molecule has 0 fully saturated rings. The van der Waals surface area contributed by atoms with Gasteiger partial charge in [-0.25, -0.2) is 4.68 Å². The molecule has 4 heteroatoms. The third-order valence-electron chi connectivity index (χ3n) is 3.62. The number of nitrogens with zero attached hydrogens (tertiary/aromatic N) is 3. The van der Waals surface area contributed by atoms with Crippen LogP contribution in [-0.2, 0) is 12.1 Å². The fourth-order valence-electron chi connectivity index (χ4n) is 2.34. The molecule has 1 atom stereocenters. The number of benzene rings is 1. The summed E-state index contributed by atoms with van der Waals surface area (Å²) < 4.78 is 1.75. The fourth-order valence-corrected chi connectivity index (χ4v) is 2.34. The van der Waals surface area contributed by atoms with Crippen LogP contribution in [0.4, 0.5) is 0 Å². The van der Waals surface area contributed by atoms with Crippen LogP contribution in [0.15, 0.2) is 60.3 Å². The highest BCUT2D eigenvalue weighted by Crippen LogP contribution is 2.32. The Hall–Kier alpha value is -2.20. The Labute approximate surface area is 118 Å². The monoisotopic (exact) mass is 267 g/mol. The molecule has 1 N–H and O–H groups in total. The van der Waals surface area contributed by atoms with Crippen LogP contribution >= 0.6 is 0 Å². The second-order valence-electron chi connectivity index (χ2n) is 5.18. The molecule has 0 saturated carbocycles. The highest BCUT2D eigenvalue weighted by molar-refractivity contribution is 5.33. The van der Waals surface area contributed by atoms with Gasteiger partial charge < -0.3 is 5.11 Å². The van der Waals surface area contributed by atoms with Crippen molar-refractivity contribution in [3.63, 3.8) is 0 Å². The van der Waals surface area contributed by atoms with Gasteiger partial charge in [0, 0.05) is 0 Å². The maximum absolute atomic E-state index is 10.6. The first kappa shape index (κ1) is 12.8. The van der Waals surface area contributed by atoms with Gasteiger partial charge in [-0.05, 0) is 24.5 Å². The number of hydrogen-bond donors (Lipinski definition) is 1. The van der Waals surface area contributed by atoms with Gasteiger partial charge in [0.25, 0.3) is 0 Å². The highest BCUT2D eigenvalue weighted by atomic mass is 16.3. The zero-order chi connectivity index (χ0) is 14.0. The Morgan fingerprint density at radius 1 is 1.30 bits per heavy atom. The van der Waals surface area contributed by atoms with Crippen molar-refractivity contribution in [2.75, 3.05) is 0 Å². The van der Waals surface area contributed by atoms with E-state index in [1.54, 1.807) is 11.6 Å². The molecule has 1 heterocycles. The minimum Gasteiger partial charge on any atom is -0.379 e. The quantitative estimate of drug-likeness (QED) is 0.925. The van der Waals surface area contributed by atoms with Crippen molar-refractivity contribution in [2.45, 2.75) is 25.5 Å². The van der Waals surface area contributed by atoms with Crippen molar-refractivity contribution in [3.8, 4) is 0 Å². The predicted molar refractivity (Wildman–Crippen MR) is 77.0 cm³/mol. The van der Waals surface area contributed by atoms with E-state index in [0.717, 1.165) is 17.6 Å². The Morgan fingerprint density at radius 2 is 2.10 bits per heavy atom. The molecule has 0 amide bonds. The zero-order valence-electron chi connectivity index (χ0n) is 11.4. The first-order chi connectivity index (χ1) is 9.66. The van der Waals surface area contributed by atoms with E-state index in [-0.39, 0.29) is 0 Å². The van der Waals surface area contributed by atoms with Crippen molar-refractivity contribution in [3.05, 3.63) is 71.6 Å². The Morgan fingerprint density at radius 3 is 2.80 bits per heavy atom. The average molecular weight is 267 g/mol. The molecule has 102 valence electrons. The topological polar surface area (TPSA) is 50.9 Å². The lowest BCUT2D eigenvalue weighted by Gasteiger charge is -2.22. The van der Waals surface area contributed by atoms with E-state index >= 15 is 0 Å². The van der Waals surface area contributed by atoms with E-state index in [2.05, 4.69) is 10.3 Å². The summed E-state index contributed by atoms with van der Waals surface area (Å²) in [6, 6.07) is 10.1. The fraction of sp³-hybridized carbons (Fsp3) is 0.250. The molecular formula is C16H17N3O. The smallest absolute Gasteiger partial charge is 0.129 e. The summed E-state index contributed by atoms with van der Waals surface area (Å²) >= 11 is 0. The molecule has 0 radical (unpaired) electrons. The lowest BCUT2D eigenvalue weighted by atomic mass is 9.92. The van der Waals surface area contributed by atoms with Crippen LogP contribution in [0.5, 0.6) is 0 Å². The van der Waals surface area contributed by atoms with E-state index in [4.69, 9.17) is 0 Å². The van der Waals surface area contributed by atoms with Gasteiger partial charge in [-0.1, -0.05) is 53.8 Å². The lowest BCUT2D eigenvalue weighted by Crippen LogP contribution is -2.24. The summed E-state index contributed by atoms with van der Waals surface area (Å²) in [6.07, 6.45) is 8.50. The Bertz CT molecular complexity index is 653. The minimum absolute atomic E-state index is 0.586. The second-order valence-corrected chi connectivity index (χ2v) is 5.18. The zero-order valence-corrected chi connectivity index (χ0v) is 11.4. The van der Waals surface area contributed by atoms with Gasteiger partial charge in [0.15, 0.2) is 0 Å². The number of allylic oxidation sites excluding steroid dienone is 3. The van der Waals surface area contributed by atoms with E-state index in [0.29, 0.717) is 12.2 Å². The molecule has 1 aromatic heterocycles. The van der Waals surface area contributed by atoms with Crippen LogP contribution in [0.2, 0.25) is 0 Å². The number of hydrogen-bond acceptors (Lipinski definition) is 3. The van der Waals surface area contributed by atoms with Crippen LogP contribution < -0.4 is 0 Å². The average Bonchev–Trinajstić information content (AvgIpc) is 3.11. The van der Waals surface area contributed by atoms with Gasteiger partial charge in [-0.3, -0.25) is 0 Å². The van der Waals surface area contributed by atoms with E-state index in [1.807, 2.05) is 54.8 Å². The maximum Gasteiger partial charge on any atom is 0.129 e. The summed E-state index contributed by atoms with van der Waals surface area (Å²) in [5.41, 5.74) is 1.64. The third-order valence-corrected chi connectivity index (χ3v) is 3.62. The molecular weight excluding hydrogens is 250 g/mol. The van der Waals surface area contributed by atoms with E-state index < -0.39 is 5.60 Å². The Balaban J connectivity index is 1.80. The maximum atomic E-state index is 10.6. The molecule has 1 unspecified atom stereocenters. The molecule has 1 aliphatic carbocycles. The molecule has 3 rings (SSSR count). The van der Waals surface area contributed by atoms with Gasteiger partial charge >= 0.3 is 0 Å². The van der Waals surface area contributed by atoms with Crippen molar-refractivity contribution in [2.24, 2.45) is 0 Å². The highest BCUT2D eigenvalue weighted by Gasteiger charge is 2.31. The summed E-state index contributed by atoms with van der Waals surface area (Å²) in [4.78, 5) is 0. The molecule has 0 aliphatic heterocycles. The molecule has 0 saturated heterocycles. The van der Waals surface area contributed by atoms with Crippen molar-refractivity contribution in [1.29, 1.82) is 0 Å². The van der Waals surface area contributed by atoms with Gasteiger partial charge in [0.05, 0.1) is 12.7 Å². The summed E-state index contributed by atoms with van der Waals surface area (Å²) in [7, 11) is 0. The third kappa shape index (κ3) is 2.42. The van der Waals surface area contributed by atoms with Crippen LogP contribution in [0.3, 0.4) is 0 Å². The Kier molecular flexibility index (Phi) is 3.24. The van der Waals surface area contributed by atoms with Gasteiger partial charge in [-0.15, -0.1) is 5.10 Å². The van der Waals surface area contributed by atoms with E-state index in [9.17, 15) is 5.11 Å². The van der Waals surface area contributed by atoms with Crippen molar-refractivity contribution in [1.82, 2.24) is 15.0 Å². The second kappa shape index (κ2) is 5.06. The van der Waals surface area contributed by atoms with Crippen LogP contribution in [0.25, 0.3) is 0 Å². The normalized spacial score (nSPS) is 17.0. The van der Waals surface area contributed by atoms with Gasteiger partial charge in [0.2, 0.25) is 0 Å². The molecule has 20 heavy (non-hydrogen) atoms. The van der Waals surface area contributed by atoms with Crippen LogP contribution in [-0.4, -0.2) is 20.1 Å². The standard InChI is InChI=1S/C16H17N3O/c1-16(20,14-9-5-6-10-14)15-12-19(18-17-15)11-13-7-3-2-4-8-13/h2-9,12,20H,10-11H2,1H3. The van der Waals surface area contributed by atoms with E-state index in [1.165, 1.54) is 0 Å². The predicted octanol–water partition coefficient (Wildman–Crippen LogP) is 2.42. The molecule has 1 aliphatic rings. The van der Waals surface area contributed by atoms with Crippen molar-refractivity contribution < 1.29 is 5.11 Å². The largest absolute Gasteiger partial charge is 0.379 e. The van der Waals surface area contributed by atoms with Gasteiger partial charge in [0.1, 0.15) is 11.3 Å². The molecule has 0 spiro atoms. The van der Waals surface area contributed by atoms with Crippen molar-refractivity contribution >= 4 is 0 Å². The first-order valence-electron chi connectivity index (χ1n) is 6.69. The summed E-state index contributed by atoms with van der Waals surface area (Å²) in [6.45, 7) is 2.42. The first-order valence-corrected chi connectivity index (χ1v) is 6.69. The molecule has 0 bridgehead atoms. The van der Waals surface area contributed by atoms with Crippen LogP contribution in [0, 0.1) is 0 Å². The molecule has 1 aromatic carbocycles. The molecule has 4 nitrogen and oxygen atoms in total.